The Hall–Kier alpha value is -1.83. The number of hydrogen-bond donors (Lipinski definition) is 1. The zero-order valence-electron chi connectivity index (χ0n) is 16.1. The van der Waals surface area contributed by atoms with Crippen molar-refractivity contribution in [2.24, 2.45) is 7.05 Å². The maximum atomic E-state index is 12.8. The smallest absolute Gasteiger partial charge is 0.240 e. The molecule has 0 saturated carbocycles. The Labute approximate surface area is 162 Å². The van der Waals surface area contributed by atoms with Crippen LogP contribution in [-0.4, -0.2) is 44.1 Å². The summed E-state index contributed by atoms with van der Waals surface area (Å²) in [7, 11) is -1.57. The number of rotatable bonds is 9. The van der Waals surface area contributed by atoms with Gasteiger partial charge in [-0.05, 0) is 68.8 Å². The Morgan fingerprint density at radius 2 is 1.85 bits per heavy atom. The van der Waals surface area contributed by atoms with Crippen molar-refractivity contribution in [2.75, 3.05) is 26.2 Å². The molecule has 6 nitrogen and oxygen atoms in total. The molecule has 2 heterocycles. The van der Waals surface area contributed by atoms with Crippen molar-refractivity contribution in [3.05, 3.63) is 48.3 Å². The minimum absolute atomic E-state index is 0.0365. The van der Waals surface area contributed by atoms with Gasteiger partial charge in [0, 0.05) is 25.5 Å². The Balaban J connectivity index is 1.71. The minimum Gasteiger partial charge on any atom is -0.494 e. The first-order valence-electron chi connectivity index (χ1n) is 9.59. The van der Waals surface area contributed by atoms with Gasteiger partial charge < -0.3 is 9.30 Å². The van der Waals surface area contributed by atoms with Crippen LogP contribution in [0.5, 0.6) is 5.75 Å². The van der Waals surface area contributed by atoms with Gasteiger partial charge in [0.1, 0.15) is 5.75 Å². The van der Waals surface area contributed by atoms with E-state index in [9.17, 15) is 8.42 Å². The molecule has 148 valence electrons. The summed E-state index contributed by atoms with van der Waals surface area (Å²) >= 11 is 0. The molecule has 1 aliphatic rings. The minimum atomic E-state index is -3.57. The number of benzene rings is 1. The Bertz CT molecular complexity index is 824. The summed E-state index contributed by atoms with van der Waals surface area (Å²) in [6.07, 6.45) is 5.24. The first kappa shape index (κ1) is 19.9. The predicted molar refractivity (Wildman–Crippen MR) is 106 cm³/mol. The normalized spacial score (nSPS) is 16.5. The predicted octanol–water partition coefficient (Wildman–Crippen LogP) is 2.93. The van der Waals surface area contributed by atoms with E-state index >= 15 is 0 Å². The highest BCUT2D eigenvalue weighted by molar-refractivity contribution is 7.89. The lowest BCUT2D eigenvalue weighted by Crippen LogP contribution is -2.37. The van der Waals surface area contributed by atoms with Crippen molar-refractivity contribution < 1.29 is 13.2 Å². The third-order valence-corrected chi connectivity index (χ3v) is 6.42. The van der Waals surface area contributed by atoms with E-state index in [0.717, 1.165) is 38.0 Å². The summed E-state index contributed by atoms with van der Waals surface area (Å²) in [5, 5.41) is 0. The SMILES string of the molecule is CCCOc1ccc(S(=O)(=O)NCC(c2cccn2C)N2CCCC2)cc1. The highest BCUT2D eigenvalue weighted by Gasteiger charge is 2.27. The molecular formula is C20H29N3O3S. The fraction of sp³-hybridized carbons (Fsp3) is 0.500. The third kappa shape index (κ3) is 4.91. The van der Waals surface area contributed by atoms with Crippen LogP contribution in [-0.2, 0) is 17.1 Å². The molecule has 1 fully saturated rings. The van der Waals surface area contributed by atoms with Gasteiger partial charge in [0.2, 0.25) is 10.0 Å². The van der Waals surface area contributed by atoms with Gasteiger partial charge in [-0.2, -0.15) is 0 Å². The molecule has 27 heavy (non-hydrogen) atoms. The fourth-order valence-corrected chi connectivity index (χ4v) is 4.54. The summed E-state index contributed by atoms with van der Waals surface area (Å²) in [5.41, 5.74) is 1.13. The second kappa shape index (κ2) is 8.91. The quantitative estimate of drug-likeness (QED) is 0.714. The molecule has 3 rings (SSSR count). The number of aromatic nitrogens is 1. The lowest BCUT2D eigenvalue weighted by molar-refractivity contribution is 0.238. The van der Waals surface area contributed by atoms with E-state index in [1.165, 1.54) is 0 Å². The Kier molecular flexibility index (Phi) is 6.57. The molecule has 1 unspecified atom stereocenters. The van der Waals surface area contributed by atoms with Gasteiger partial charge >= 0.3 is 0 Å². The fourth-order valence-electron chi connectivity index (χ4n) is 3.50. The second-order valence-corrected chi connectivity index (χ2v) is 8.74. The van der Waals surface area contributed by atoms with Crippen molar-refractivity contribution in [1.29, 1.82) is 0 Å². The first-order chi connectivity index (χ1) is 13.0. The zero-order valence-corrected chi connectivity index (χ0v) is 16.9. The van der Waals surface area contributed by atoms with Gasteiger partial charge in [0.05, 0.1) is 17.5 Å². The monoisotopic (exact) mass is 391 g/mol. The average molecular weight is 392 g/mol. The molecule has 7 heteroatoms. The highest BCUT2D eigenvalue weighted by Crippen LogP contribution is 2.25. The summed E-state index contributed by atoms with van der Waals surface area (Å²) in [6.45, 7) is 5.02. The maximum absolute atomic E-state index is 12.8. The van der Waals surface area contributed by atoms with E-state index in [0.29, 0.717) is 18.9 Å². The Morgan fingerprint density at radius 3 is 2.44 bits per heavy atom. The van der Waals surface area contributed by atoms with Crippen LogP contribution >= 0.6 is 0 Å². The summed E-state index contributed by atoms with van der Waals surface area (Å²) in [5.74, 6) is 0.689. The van der Waals surface area contributed by atoms with Crippen LogP contribution in [0.1, 0.15) is 37.9 Å². The third-order valence-electron chi connectivity index (χ3n) is 4.98. The van der Waals surface area contributed by atoms with Crippen LogP contribution in [0.15, 0.2) is 47.5 Å². The second-order valence-electron chi connectivity index (χ2n) is 6.97. The summed E-state index contributed by atoms with van der Waals surface area (Å²) in [4.78, 5) is 2.62. The lowest BCUT2D eigenvalue weighted by atomic mass is 10.2. The number of nitrogens with one attached hydrogen (secondary N) is 1. The number of aryl methyl sites for hydroxylation is 1. The molecule has 0 amide bonds. The van der Waals surface area contributed by atoms with Crippen LogP contribution in [0.3, 0.4) is 0 Å². The van der Waals surface area contributed by atoms with Gasteiger partial charge in [-0.25, -0.2) is 13.1 Å². The van der Waals surface area contributed by atoms with Crippen LogP contribution < -0.4 is 9.46 Å². The van der Waals surface area contributed by atoms with Crippen molar-refractivity contribution in [2.45, 2.75) is 37.1 Å². The van der Waals surface area contributed by atoms with Crippen molar-refractivity contribution >= 4 is 10.0 Å². The van der Waals surface area contributed by atoms with Crippen LogP contribution in [0, 0.1) is 0 Å². The van der Waals surface area contributed by atoms with Crippen LogP contribution in [0.25, 0.3) is 0 Å². The number of sulfonamides is 1. The maximum Gasteiger partial charge on any atom is 0.240 e. The summed E-state index contributed by atoms with van der Waals surface area (Å²) < 4.78 is 35.9. The molecular weight excluding hydrogens is 362 g/mol. The van der Waals surface area contributed by atoms with Crippen LogP contribution in [0.2, 0.25) is 0 Å². The molecule has 1 N–H and O–H groups in total. The lowest BCUT2D eigenvalue weighted by Gasteiger charge is -2.28. The van der Waals surface area contributed by atoms with E-state index < -0.39 is 10.0 Å². The number of hydrogen-bond acceptors (Lipinski definition) is 4. The van der Waals surface area contributed by atoms with Gasteiger partial charge in [0.15, 0.2) is 0 Å². The van der Waals surface area contributed by atoms with E-state index in [4.69, 9.17) is 4.74 Å². The van der Waals surface area contributed by atoms with Crippen LogP contribution in [0.4, 0.5) is 0 Å². The number of nitrogens with zero attached hydrogens (tertiary/aromatic N) is 2. The highest BCUT2D eigenvalue weighted by atomic mass is 32.2. The molecule has 0 spiro atoms. The zero-order chi connectivity index (χ0) is 19.3. The molecule has 1 atom stereocenters. The van der Waals surface area contributed by atoms with Gasteiger partial charge in [-0.15, -0.1) is 0 Å². The van der Waals surface area contributed by atoms with Crippen molar-refractivity contribution in [3.63, 3.8) is 0 Å². The first-order valence-corrected chi connectivity index (χ1v) is 11.1. The molecule has 1 aromatic heterocycles. The topological polar surface area (TPSA) is 63.6 Å². The molecule has 0 radical (unpaired) electrons. The van der Waals surface area contributed by atoms with E-state index in [2.05, 4.69) is 20.3 Å². The molecule has 1 saturated heterocycles. The van der Waals surface area contributed by atoms with Crippen molar-refractivity contribution in [3.8, 4) is 5.75 Å². The van der Waals surface area contributed by atoms with E-state index in [-0.39, 0.29) is 10.9 Å². The molecule has 0 aliphatic carbocycles. The number of likely N-dealkylation sites (tertiary alicyclic amines) is 1. The van der Waals surface area contributed by atoms with Crippen molar-refractivity contribution in [1.82, 2.24) is 14.2 Å². The molecule has 1 aromatic carbocycles. The number of ether oxygens (including phenoxy) is 1. The van der Waals surface area contributed by atoms with E-state index in [1.807, 2.05) is 26.2 Å². The molecule has 2 aromatic rings. The van der Waals surface area contributed by atoms with E-state index in [1.54, 1.807) is 24.3 Å². The summed E-state index contributed by atoms with van der Waals surface area (Å²) in [6, 6.07) is 10.7. The van der Waals surface area contributed by atoms with Gasteiger partial charge in [0.25, 0.3) is 0 Å². The van der Waals surface area contributed by atoms with Gasteiger partial charge in [-0.3, -0.25) is 4.90 Å². The molecule has 0 bridgehead atoms. The Morgan fingerprint density at radius 1 is 1.15 bits per heavy atom. The standard InChI is InChI=1S/C20H29N3O3S/c1-3-15-26-17-8-10-18(11-9-17)27(24,25)21-16-20(23-13-4-5-14-23)19-7-6-12-22(19)2/h6-12,20-21H,3-5,13-16H2,1-2H3. The average Bonchev–Trinajstić information content (AvgIpc) is 3.33. The largest absolute Gasteiger partial charge is 0.494 e. The molecule has 1 aliphatic heterocycles. The van der Waals surface area contributed by atoms with Gasteiger partial charge in [-0.1, -0.05) is 6.92 Å².